The molecule has 0 aliphatic rings. The number of benzene rings is 2. The van der Waals surface area contributed by atoms with Crippen molar-refractivity contribution in [2.45, 2.75) is 13.3 Å². The summed E-state index contributed by atoms with van der Waals surface area (Å²) in [6, 6.07) is 8.41. The molecule has 0 spiro atoms. The monoisotopic (exact) mass is 324 g/mol. The van der Waals surface area contributed by atoms with Gasteiger partial charge in [0, 0.05) is 16.5 Å². The quantitative estimate of drug-likeness (QED) is 0.762. The van der Waals surface area contributed by atoms with Crippen molar-refractivity contribution in [3.63, 3.8) is 0 Å². The molecule has 0 saturated heterocycles. The van der Waals surface area contributed by atoms with Crippen molar-refractivity contribution in [3.8, 4) is 0 Å². The van der Waals surface area contributed by atoms with Gasteiger partial charge in [0.1, 0.15) is 11.6 Å². The number of hydrogen-bond acceptors (Lipinski definition) is 1. The first kappa shape index (κ1) is 13.9. The third-order valence-electron chi connectivity index (χ3n) is 2.78. The lowest BCUT2D eigenvalue weighted by Gasteiger charge is -2.06. The fourth-order valence-electron chi connectivity index (χ4n) is 1.79. The normalized spacial score (nSPS) is 10.5. The summed E-state index contributed by atoms with van der Waals surface area (Å²) in [5, 5.41) is 0. The van der Waals surface area contributed by atoms with Crippen LogP contribution in [0.3, 0.4) is 0 Å². The van der Waals surface area contributed by atoms with E-state index in [2.05, 4.69) is 15.9 Å². The molecule has 0 aliphatic heterocycles. The molecule has 0 amide bonds. The van der Waals surface area contributed by atoms with Gasteiger partial charge in [-0.2, -0.15) is 0 Å². The Bertz CT molecular complexity index is 638. The number of carbonyl (C=O) groups excluding carboxylic acids is 1. The molecule has 19 heavy (non-hydrogen) atoms. The molecule has 0 aromatic heterocycles. The van der Waals surface area contributed by atoms with Gasteiger partial charge in [0.25, 0.3) is 0 Å². The van der Waals surface area contributed by atoms with Crippen LogP contribution in [0.4, 0.5) is 8.78 Å². The van der Waals surface area contributed by atoms with E-state index >= 15 is 0 Å². The first-order valence-corrected chi connectivity index (χ1v) is 6.50. The van der Waals surface area contributed by atoms with Gasteiger partial charge in [-0.05, 0) is 48.4 Å². The molecular weight excluding hydrogens is 314 g/mol. The molecule has 2 aromatic carbocycles. The van der Waals surface area contributed by atoms with Crippen LogP contribution in [0.1, 0.15) is 21.5 Å². The number of ketones is 1. The first-order valence-electron chi connectivity index (χ1n) is 5.70. The summed E-state index contributed by atoms with van der Waals surface area (Å²) in [6.07, 6.45) is -0.161. The summed E-state index contributed by atoms with van der Waals surface area (Å²) in [7, 11) is 0. The van der Waals surface area contributed by atoms with Gasteiger partial charge in [-0.1, -0.05) is 22.0 Å². The Balaban J connectivity index is 2.28. The number of rotatable bonds is 3. The van der Waals surface area contributed by atoms with Gasteiger partial charge in [0.2, 0.25) is 0 Å². The highest BCUT2D eigenvalue weighted by atomic mass is 79.9. The molecule has 2 rings (SSSR count). The van der Waals surface area contributed by atoms with E-state index in [1.54, 1.807) is 12.1 Å². The molecule has 0 unspecified atom stereocenters. The first-order chi connectivity index (χ1) is 8.97. The molecule has 1 nitrogen and oxygen atoms in total. The van der Waals surface area contributed by atoms with Crippen molar-refractivity contribution in [1.82, 2.24) is 0 Å². The molecule has 0 bridgehead atoms. The molecule has 0 aliphatic carbocycles. The third-order valence-corrected chi connectivity index (χ3v) is 3.44. The SMILES string of the molecule is Cc1ccc(C(=O)Cc2cc(F)ccc2F)c(Br)c1. The lowest BCUT2D eigenvalue weighted by atomic mass is 10.0. The summed E-state index contributed by atoms with van der Waals surface area (Å²) >= 11 is 3.31. The average molecular weight is 325 g/mol. The Kier molecular flexibility index (Phi) is 4.10. The lowest BCUT2D eigenvalue weighted by molar-refractivity contribution is 0.0991. The molecule has 98 valence electrons. The fraction of sp³-hybridized carbons (Fsp3) is 0.133. The van der Waals surface area contributed by atoms with Crippen LogP contribution < -0.4 is 0 Å². The molecule has 0 heterocycles. The minimum Gasteiger partial charge on any atom is -0.294 e. The topological polar surface area (TPSA) is 17.1 Å². The summed E-state index contributed by atoms with van der Waals surface area (Å²) in [6.45, 7) is 1.91. The van der Waals surface area contributed by atoms with Crippen LogP contribution in [-0.4, -0.2) is 5.78 Å². The highest BCUT2D eigenvalue weighted by molar-refractivity contribution is 9.10. The predicted molar refractivity (Wildman–Crippen MR) is 73.3 cm³/mol. The largest absolute Gasteiger partial charge is 0.294 e. The van der Waals surface area contributed by atoms with Gasteiger partial charge in [0.05, 0.1) is 0 Å². The van der Waals surface area contributed by atoms with E-state index < -0.39 is 11.6 Å². The molecule has 0 atom stereocenters. The van der Waals surface area contributed by atoms with E-state index in [0.717, 1.165) is 23.8 Å². The van der Waals surface area contributed by atoms with Gasteiger partial charge >= 0.3 is 0 Å². The summed E-state index contributed by atoms with van der Waals surface area (Å²) in [5.41, 5.74) is 1.55. The lowest BCUT2D eigenvalue weighted by Crippen LogP contribution is -2.06. The van der Waals surface area contributed by atoms with Crippen LogP contribution in [0, 0.1) is 18.6 Å². The van der Waals surface area contributed by atoms with E-state index in [4.69, 9.17) is 0 Å². The summed E-state index contributed by atoms with van der Waals surface area (Å²) in [4.78, 5) is 12.1. The number of Topliss-reactive ketones (excluding diaryl/α,β-unsaturated/α-hetero) is 1. The van der Waals surface area contributed by atoms with Crippen LogP contribution in [0.5, 0.6) is 0 Å². The van der Waals surface area contributed by atoms with Gasteiger partial charge in [-0.25, -0.2) is 8.78 Å². The van der Waals surface area contributed by atoms with Gasteiger partial charge in [-0.15, -0.1) is 0 Å². The zero-order valence-corrected chi connectivity index (χ0v) is 11.8. The Morgan fingerprint density at radius 2 is 1.89 bits per heavy atom. The maximum Gasteiger partial charge on any atom is 0.168 e. The molecule has 0 N–H and O–H groups in total. The van der Waals surface area contributed by atoms with Gasteiger partial charge in [-0.3, -0.25) is 4.79 Å². The maximum atomic E-state index is 13.5. The molecule has 4 heteroatoms. The van der Waals surface area contributed by atoms with Crippen molar-refractivity contribution in [2.75, 3.05) is 0 Å². The minimum absolute atomic E-state index is 0.0671. The second kappa shape index (κ2) is 5.61. The second-order valence-corrected chi connectivity index (χ2v) is 5.17. The van der Waals surface area contributed by atoms with Crippen LogP contribution in [-0.2, 0) is 6.42 Å². The maximum absolute atomic E-state index is 13.5. The van der Waals surface area contributed by atoms with E-state index in [0.29, 0.717) is 10.0 Å². The second-order valence-electron chi connectivity index (χ2n) is 4.32. The highest BCUT2D eigenvalue weighted by Gasteiger charge is 2.14. The molecule has 0 fully saturated rings. The Morgan fingerprint density at radius 3 is 2.58 bits per heavy atom. The van der Waals surface area contributed by atoms with Crippen LogP contribution in [0.25, 0.3) is 0 Å². The zero-order valence-electron chi connectivity index (χ0n) is 10.2. The number of carbonyl (C=O) groups is 1. The van der Waals surface area contributed by atoms with Crippen molar-refractivity contribution in [3.05, 3.63) is 69.2 Å². The summed E-state index contributed by atoms with van der Waals surface area (Å²) in [5.74, 6) is -1.37. The number of hydrogen-bond donors (Lipinski definition) is 0. The number of halogens is 3. The Hall–Kier alpha value is -1.55. The van der Waals surface area contributed by atoms with Gasteiger partial charge in [0.15, 0.2) is 5.78 Å². The number of aryl methyl sites for hydroxylation is 1. The van der Waals surface area contributed by atoms with Crippen LogP contribution >= 0.6 is 15.9 Å². The standard InChI is InChI=1S/C15H11BrF2O/c1-9-2-4-12(13(16)6-9)15(19)8-10-7-11(17)3-5-14(10)18/h2-7H,8H2,1H3. The Labute approximate surface area is 118 Å². The predicted octanol–water partition coefficient (Wildman–Crippen LogP) is 4.46. The average Bonchev–Trinajstić information content (AvgIpc) is 2.33. The smallest absolute Gasteiger partial charge is 0.168 e. The van der Waals surface area contributed by atoms with Crippen molar-refractivity contribution in [1.29, 1.82) is 0 Å². The summed E-state index contributed by atoms with van der Waals surface area (Å²) < 4.78 is 27.2. The fourth-order valence-corrected chi connectivity index (χ4v) is 2.51. The van der Waals surface area contributed by atoms with Crippen LogP contribution in [0.15, 0.2) is 40.9 Å². The Morgan fingerprint density at radius 1 is 1.16 bits per heavy atom. The van der Waals surface area contributed by atoms with Crippen molar-refractivity contribution >= 4 is 21.7 Å². The highest BCUT2D eigenvalue weighted by Crippen LogP contribution is 2.21. The molecular formula is C15H11BrF2O. The van der Waals surface area contributed by atoms with E-state index in [1.807, 2.05) is 13.0 Å². The molecule has 2 aromatic rings. The zero-order chi connectivity index (χ0) is 14.0. The van der Waals surface area contributed by atoms with E-state index in [-0.39, 0.29) is 17.8 Å². The third kappa shape index (κ3) is 3.26. The van der Waals surface area contributed by atoms with E-state index in [9.17, 15) is 13.6 Å². The van der Waals surface area contributed by atoms with E-state index in [1.165, 1.54) is 0 Å². The van der Waals surface area contributed by atoms with Crippen LogP contribution in [0.2, 0.25) is 0 Å². The molecule has 0 radical (unpaired) electrons. The van der Waals surface area contributed by atoms with Crippen molar-refractivity contribution < 1.29 is 13.6 Å². The van der Waals surface area contributed by atoms with Gasteiger partial charge < -0.3 is 0 Å². The van der Waals surface area contributed by atoms with Crippen molar-refractivity contribution in [2.24, 2.45) is 0 Å². The minimum atomic E-state index is -0.571. The molecule has 0 saturated carbocycles.